The monoisotopic (exact) mass is 475 g/mol. The maximum Gasteiger partial charge on any atom is 0.341 e. The van der Waals surface area contributed by atoms with Gasteiger partial charge in [0.15, 0.2) is 0 Å². The van der Waals surface area contributed by atoms with Gasteiger partial charge in [0.05, 0.1) is 16.0 Å². The molecule has 0 bridgehead atoms. The molecule has 6 nitrogen and oxygen atoms in total. The minimum atomic E-state index is -1.19. The Morgan fingerprint density at radius 1 is 1.34 bits per heavy atom. The van der Waals surface area contributed by atoms with Crippen LogP contribution in [0.3, 0.4) is 0 Å². The number of hydrogen-bond donors (Lipinski definition) is 2. The number of carboxylic acids is 1. The highest BCUT2D eigenvalue weighted by Crippen LogP contribution is 2.41. The Hall–Kier alpha value is -2.03. The summed E-state index contributed by atoms with van der Waals surface area (Å²) in [5, 5.41) is 13.2. The number of hydrogen-bond acceptors (Lipinski definition) is 5. The average Bonchev–Trinajstić information content (AvgIpc) is 3.39. The molecule has 0 amide bonds. The van der Waals surface area contributed by atoms with Gasteiger partial charge in [-0.25, -0.2) is 9.78 Å². The largest absolute Gasteiger partial charge is 0.477 e. The minimum Gasteiger partial charge on any atom is -0.477 e. The summed E-state index contributed by atoms with van der Waals surface area (Å²) in [5.74, 6) is -1.19. The van der Waals surface area contributed by atoms with Crippen LogP contribution in [-0.2, 0) is 12.0 Å². The van der Waals surface area contributed by atoms with E-state index >= 15 is 0 Å². The number of aromatic nitrogens is 2. The molecule has 5 rings (SSSR count). The van der Waals surface area contributed by atoms with Crippen molar-refractivity contribution in [1.29, 1.82) is 0 Å². The minimum absolute atomic E-state index is 0. The molecule has 1 aliphatic carbocycles. The lowest BCUT2D eigenvalue weighted by atomic mass is 9.86. The van der Waals surface area contributed by atoms with E-state index in [0.717, 1.165) is 36.5 Å². The van der Waals surface area contributed by atoms with E-state index in [4.69, 9.17) is 4.98 Å². The Kier molecular flexibility index (Phi) is 4.91. The van der Waals surface area contributed by atoms with Gasteiger partial charge in [0.25, 0.3) is 0 Å². The van der Waals surface area contributed by atoms with Gasteiger partial charge >= 0.3 is 5.97 Å². The third kappa shape index (κ3) is 3.33. The molecular weight excluding hydrogens is 454 g/mol. The molecule has 0 radical (unpaired) electrons. The van der Waals surface area contributed by atoms with E-state index in [2.05, 4.69) is 25.2 Å². The van der Waals surface area contributed by atoms with Crippen LogP contribution in [0.1, 0.15) is 53.5 Å². The van der Waals surface area contributed by atoms with Crippen LogP contribution in [0.5, 0.6) is 0 Å². The summed E-state index contributed by atoms with van der Waals surface area (Å²) in [5.41, 5.74) is 2.15. The van der Waals surface area contributed by atoms with Crippen LogP contribution in [0.2, 0.25) is 0 Å². The summed E-state index contributed by atoms with van der Waals surface area (Å²) in [6, 6.07) is 5.98. The van der Waals surface area contributed by atoms with Gasteiger partial charge in [0.1, 0.15) is 11.2 Å². The smallest absolute Gasteiger partial charge is 0.341 e. The molecule has 3 aromatic heterocycles. The second-order valence-electron chi connectivity index (χ2n) is 8.34. The van der Waals surface area contributed by atoms with Gasteiger partial charge in [0.2, 0.25) is 5.43 Å². The van der Waals surface area contributed by atoms with Crippen molar-refractivity contribution >= 4 is 45.3 Å². The number of thiophene rings is 1. The first kappa shape index (κ1) is 20.3. The standard InChI is InChI=1S/C21H21N3O3S.BrH/c1-21(2)10-22-8-11-7-16(28-18(11)21)15-6-5-13-17(25)14(20(26)27)9-24(12-3-4-12)19(13)23-15;/h5-7,9,12,22H,3-4,8,10H2,1-2H3,(H,26,27);1H. The zero-order valence-corrected chi connectivity index (χ0v) is 18.7. The first-order chi connectivity index (χ1) is 13.3. The number of rotatable bonds is 3. The Balaban J connectivity index is 0.00000205. The molecule has 1 saturated carbocycles. The van der Waals surface area contributed by atoms with Crippen molar-refractivity contribution in [2.24, 2.45) is 0 Å². The van der Waals surface area contributed by atoms with Gasteiger partial charge in [-0.3, -0.25) is 4.79 Å². The maximum atomic E-state index is 12.6. The summed E-state index contributed by atoms with van der Waals surface area (Å²) in [4.78, 5) is 31.4. The number of halogens is 1. The van der Waals surface area contributed by atoms with E-state index in [1.807, 2.05) is 10.6 Å². The summed E-state index contributed by atoms with van der Waals surface area (Å²) in [7, 11) is 0. The second-order valence-corrected chi connectivity index (χ2v) is 9.39. The number of pyridine rings is 2. The number of nitrogens with one attached hydrogen (secondary N) is 1. The highest BCUT2D eigenvalue weighted by Gasteiger charge is 2.31. The van der Waals surface area contributed by atoms with Gasteiger partial charge < -0.3 is 15.0 Å². The van der Waals surface area contributed by atoms with E-state index in [9.17, 15) is 14.7 Å². The lowest BCUT2D eigenvalue weighted by Crippen LogP contribution is -2.37. The third-order valence-corrected chi connectivity index (χ3v) is 7.17. The number of carbonyl (C=O) groups is 1. The molecule has 29 heavy (non-hydrogen) atoms. The number of fused-ring (bicyclic) bond motifs is 2. The van der Waals surface area contributed by atoms with Gasteiger partial charge in [-0.1, -0.05) is 13.8 Å². The molecule has 3 aromatic rings. The predicted octanol–water partition coefficient (Wildman–Crippen LogP) is 4.12. The van der Waals surface area contributed by atoms with Crippen LogP contribution in [0.15, 0.2) is 29.2 Å². The highest BCUT2D eigenvalue weighted by atomic mass is 79.9. The van der Waals surface area contributed by atoms with Crippen molar-refractivity contribution in [3.63, 3.8) is 0 Å². The summed E-state index contributed by atoms with van der Waals surface area (Å²) >= 11 is 1.76. The van der Waals surface area contributed by atoms with Crippen molar-refractivity contribution < 1.29 is 9.90 Å². The summed E-state index contributed by atoms with van der Waals surface area (Å²) in [6.07, 6.45) is 3.43. The highest BCUT2D eigenvalue weighted by molar-refractivity contribution is 8.93. The first-order valence-corrected chi connectivity index (χ1v) is 10.3. The third-order valence-electron chi connectivity index (χ3n) is 5.61. The van der Waals surface area contributed by atoms with E-state index in [1.165, 1.54) is 16.6 Å². The van der Waals surface area contributed by atoms with Crippen molar-refractivity contribution in [1.82, 2.24) is 14.9 Å². The normalized spacial score (nSPS) is 17.6. The van der Waals surface area contributed by atoms with E-state index in [0.29, 0.717) is 11.0 Å². The zero-order chi connectivity index (χ0) is 19.6. The van der Waals surface area contributed by atoms with Gasteiger partial charge in [-0.15, -0.1) is 28.3 Å². The van der Waals surface area contributed by atoms with Crippen molar-refractivity contribution in [3.8, 4) is 10.6 Å². The van der Waals surface area contributed by atoms with E-state index in [-0.39, 0.29) is 34.0 Å². The molecule has 0 atom stereocenters. The Labute approximate surface area is 182 Å². The fourth-order valence-corrected chi connectivity index (χ4v) is 5.25. The number of aromatic carboxylic acids is 1. The van der Waals surface area contributed by atoms with Crippen LogP contribution in [0.4, 0.5) is 0 Å². The Morgan fingerprint density at radius 3 is 2.76 bits per heavy atom. The lowest BCUT2D eigenvalue weighted by Gasteiger charge is -2.30. The van der Waals surface area contributed by atoms with Gasteiger partial charge in [0, 0.05) is 35.6 Å². The topological polar surface area (TPSA) is 84.2 Å². The average molecular weight is 476 g/mol. The van der Waals surface area contributed by atoms with Crippen LogP contribution in [0, 0.1) is 0 Å². The molecule has 1 fully saturated rings. The molecule has 1 aliphatic heterocycles. The summed E-state index contributed by atoms with van der Waals surface area (Å²) in [6.45, 7) is 6.29. The van der Waals surface area contributed by atoms with Crippen LogP contribution in [0.25, 0.3) is 21.6 Å². The zero-order valence-electron chi connectivity index (χ0n) is 16.2. The van der Waals surface area contributed by atoms with Crippen molar-refractivity contribution in [3.05, 3.63) is 50.6 Å². The molecule has 0 aromatic carbocycles. The molecule has 0 unspecified atom stereocenters. The van der Waals surface area contributed by atoms with Crippen LogP contribution < -0.4 is 10.7 Å². The molecule has 2 N–H and O–H groups in total. The number of nitrogens with zero attached hydrogens (tertiary/aromatic N) is 2. The van der Waals surface area contributed by atoms with Crippen LogP contribution >= 0.6 is 28.3 Å². The molecule has 8 heteroatoms. The lowest BCUT2D eigenvalue weighted by molar-refractivity contribution is 0.0695. The predicted molar refractivity (Wildman–Crippen MR) is 120 cm³/mol. The molecule has 4 heterocycles. The molecule has 2 aliphatic rings. The summed E-state index contributed by atoms with van der Waals surface area (Å²) < 4.78 is 1.88. The quantitative estimate of drug-likeness (QED) is 0.595. The SMILES string of the molecule is Br.CC1(C)CNCc2cc(-c3ccc4c(=O)c(C(=O)O)cn(C5CC5)c4n3)sc21. The molecule has 0 saturated heterocycles. The van der Waals surface area contributed by atoms with E-state index < -0.39 is 11.4 Å². The first-order valence-electron chi connectivity index (χ1n) is 9.48. The molecular formula is C21H22BrN3O3S. The van der Waals surface area contributed by atoms with E-state index in [1.54, 1.807) is 17.4 Å². The van der Waals surface area contributed by atoms with Gasteiger partial charge in [-0.2, -0.15) is 0 Å². The van der Waals surface area contributed by atoms with Crippen molar-refractivity contribution in [2.75, 3.05) is 6.54 Å². The molecule has 152 valence electrons. The van der Waals surface area contributed by atoms with Crippen LogP contribution in [-0.4, -0.2) is 27.2 Å². The van der Waals surface area contributed by atoms with Crippen molar-refractivity contribution in [2.45, 2.75) is 44.7 Å². The fourth-order valence-electron chi connectivity index (χ4n) is 4.00. The maximum absolute atomic E-state index is 12.6. The second kappa shape index (κ2) is 7.04. The van der Waals surface area contributed by atoms with Gasteiger partial charge in [-0.05, 0) is 36.6 Å². The Morgan fingerprint density at radius 2 is 2.10 bits per heavy atom. The fraction of sp³-hybridized carbons (Fsp3) is 0.381. The molecule has 0 spiro atoms. The Bertz CT molecular complexity index is 1190. The number of carboxylic acid groups (broad SMARTS) is 1.